The maximum Gasteiger partial charge on any atom is 0.315 e. The highest BCUT2D eigenvalue weighted by atomic mass is 16.5. The van der Waals surface area contributed by atoms with E-state index in [0.29, 0.717) is 36.5 Å². The molecule has 1 aliphatic heterocycles. The van der Waals surface area contributed by atoms with Crippen LogP contribution >= 0.6 is 0 Å². The average molecular weight is 392 g/mol. The molecule has 6 heteroatoms. The zero-order valence-corrected chi connectivity index (χ0v) is 16.6. The van der Waals surface area contributed by atoms with Crippen LogP contribution < -0.4 is 10.3 Å². The third-order valence-corrected chi connectivity index (χ3v) is 5.58. The molecule has 0 amide bonds. The normalized spacial score (nSPS) is 21.7. The molecule has 1 aromatic carbocycles. The van der Waals surface area contributed by atoms with Gasteiger partial charge in [-0.3, -0.25) is 14.2 Å². The fourth-order valence-corrected chi connectivity index (χ4v) is 3.98. The van der Waals surface area contributed by atoms with Crippen molar-refractivity contribution in [3.8, 4) is 5.75 Å². The van der Waals surface area contributed by atoms with Crippen molar-refractivity contribution in [2.75, 3.05) is 6.61 Å². The van der Waals surface area contributed by atoms with E-state index in [1.807, 2.05) is 50.3 Å². The minimum absolute atomic E-state index is 0.128. The van der Waals surface area contributed by atoms with Crippen LogP contribution in [0.5, 0.6) is 5.75 Å². The Balaban J connectivity index is 1.74. The molecule has 2 heterocycles. The smallest absolute Gasteiger partial charge is 0.315 e. The quantitative estimate of drug-likeness (QED) is 0.775. The monoisotopic (exact) mass is 392 g/mol. The van der Waals surface area contributed by atoms with Crippen molar-refractivity contribution in [1.29, 1.82) is 0 Å². The zero-order chi connectivity index (χ0) is 20.6. The first-order valence-corrected chi connectivity index (χ1v) is 9.99. The predicted molar refractivity (Wildman–Crippen MR) is 112 cm³/mol. The van der Waals surface area contributed by atoms with Crippen LogP contribution in [0.1, 0.15) is 55.4 Å². The molecule has 2 aliphatic rings. The topological polar surface area (TPSA) is 81.4 Å². The van der Waals surface area contributed by atoms with Gasteiger partial charge in [0.15, 0.2) is 0 Å². The van der Waals surface area contributed by atoms with Crippen LogP contribution in [0.3, 0.4) is 0 Å². The molecule has 2 atom stereocenters. The number of nitrogens with zero attached hydrogens (tertiary/aromatic N) is 2. The number of aliphatic carboxylic acids is 1. The molecule has 1 aliphatic carbocycles. The lowest BCUT2D eigenvalue weighted by atomic mass is 10.0. The summed E-state index contributed by atoms with van der Waals surface area (Å²) >= 11 is 0. The second kappa shape index (κ2) is 7.35. The second-order valence-electron chi connectivity index (χ2n) is 7.50. The van der Waals surface area contributed by atoms with Gasteiger partial charge in [0, 0.05) is 5.56 Å². The Morgan fingerprint density at radius 1 is 1.38 bits per heavy atom. The molecule has 1 saturated carbocycles. The van der Waals surface area contributed by atoms with E-state index in [0.717, 1.165) is 17.7 Å². The zero-order valence-electron chi connectivity index (χ0n) is 16.6. The predicted octanol–water partition coefficient (Wildman–Crippen LogP) is 3.81. The number of aromatic nitrogens is 2. The van der Waals surface area contributed by atoms with E-state index in [1.54, 1.807) is 16.7 Å². The molecule has 6 nitrogen and oxygen atoms in total. The molecule has 1 N–H and O–H groups in total. The summed E-state index contributed by atoms with van der Waals surface area (Å²) < 4.78 is 7.12. The Morgan fingerprint density at radius 3 is 2.93 bits per heavy atom. The van der Waals surface area contributed by atoms with Crippen molar-refractivity contribution < 1.29 is 14.6 Å². The van der Waals surface area contributed by atoms with Gasteiger partial charge in [0.25, 0.3) is 5.56 Å². The van der Waals surface area contributed by atoms with Crippen LogP contribution in [0.2, 0.25) is 0 Å². The van der Waals surface area contributed by atoms with Crippen molar-refractivity contribution in [3.05, 3.63) is 63.3 Å². The van der Waals surface area contributed by atoms with Gasteiger partial charge >= 0.3 is 5.97 Å². The second-order valence-corrected chi connectivity index (χ2v) is 7.50. The standard InChI is InChI=1S/C23H24N2O4/c1-3-6-17-18(10-9-15-7-5-8-16(13-15)29-4-2)24-20-11-12-23(22(27)28)14-19(23)25(20)21(17)26/h5,7-13,19H,3-4,6,14H2,1-2H3,(H,27,28)/b10-9+. The number of carboxylic acid groups (broad SMARTS) is 1. The Hall–Kier alpha value is -3.15. The summed E-state index contributed by atoms with van der Waals surface area (Å²) in [5.74, 6) is 0.437. The Labute approximate surface area is 169 Å². The van der Waals surface area contributed by atoms with Crippen molar-refractivity contribution >= 4 is 24.2 Å². The van der Waals surface area contributed by atoms with E-state index < -0.39 is 11.4 Å². The summed E-state index contributed by atoms with van der Waals surface area (Å²) in [7, 11) is 0. The largest absolute Gasteiger partial charge is 0.494 e. The lowest BCUT2D eigenvalue weighted by Crippen LogP contribution is -2.32. The molecule has 1 fully saturated rings. The van der Waals surface area contributed by atoms with Crippen LogP contribution in [0, 0.1) is 5.41 Å². The number of ether oxygens (including phenoxy) is 1. The number of rotatable bonds is 7. The van der Waals surface area contributed by atoms with Crippen molar-refractivity contribution in [3.63, 3.8) is 0 Å². The maximum absolute atomic E-state index is 13.2. The third kappa shape index (κ3) is 3.28. The van der Waals surface area contributed by atoms with Crippen molar-refractivity contribution in [2.24, 2.45) is 5.41 Å². The third-order valence-electron chi connectivity index (χ3n) is 5.58. The van der Waals surface area contributed by atoms with Gasteiger partial charge in [-0.15, -0.1) is 0 Å². The molecule has 150 valence electrons. The Kier molecular flexibility index (Phi) is 4.86. The van der Waals surface area contributed by atoms with Gasteiger partial charge in [-0.25, -0.2) is 4.98 Å². The van der Waals surface area contributed by atoms with Crippen molar-refractivity contribution in [2.45, 2.75) is 39.2 Å². The van der Waals surface area contributed by atoms with Crippen LogP contribution in [0.15, 0.2) is 35.1 Å². The van der Waals surface area contributed by atoms with Gasteiger partial charge in [0.2, 0.25) is 0 Å². The van der Waals surface area contributed by atoms with Gasteiger partial charge in [-0.05, 0) is 49.6 Å². The number of hydrogen-bond donors (Lipinski definition) is 1. The molecule has 0 radical (unpaired) electrons. The van der Waals surface area contributed by atoms with E-state index in [9.17, 15) is 14.7 Å². The summed E-state index contributed by atoms with van der Waals surface area (Å²) in [5, 5.41) is 9.55. The highest BCUT2D eigenvalue weighted by Gasteiger charge is 2.62. The van der Waals surface area contributed by atoms with E-state index in [4.69, 9.17) is 9.72 Å². The lowest BCUT2D eigenvalue weighted by Gasteiger charge is -2.19. The summed E-state index contributed by atoms with van der Waals surface area (Å²) in [5.41, 5.74) is 1.16. The Bertz CT molecular complexity index is 1080. The number of fused-ring (bicyclic) bond motifs is 3. The molecular formula is C23H24N2O4. The number of hydrogen-bond acceptors (Lipinski definition) is 4. The number of carbonyl (C=O) groups is 1. The van der Waals surface area contributed by atoms with Gasteiger partial charge in [-0.1, -0.05) is 37.6 Å². The first kappa shape index (κ1) is 19.2. The molecule has 0 saturated heterocycles. The molecule has 2 aromatic rings. The molecule has 2 unspecified atom stereocenters. The Morgan fingerprint density at radius 2 is 2.21 bits per heavy atom. The molecule has 29 heavy (non-hydrogen) atoms. The summed E-state index contributed by atoms with van der Waals surface area (Å²) in [6, 6.07) is 7.40. The highest BCUT2D eigenvalue weighted by molar-refractivity contribution is 5.84. The van der Waals surface area contributed by atoms with Gasteiger partial charge in [0.05, 0.1) is 18.3 Å². The first-order valence-electron chi connectivity index (χ1n) is 9.99. The highest BCUT2D eigenvalue weighted by Crippen LogP contribution is 2.59. The fourth-order valence-electron chi connectivity index (χ4n) is 3.98. The van der Waals surface area contributed by atoms with E-state index in [-0.39, 0.29) is 11.6 Å². The average Bonchev–Trinajstić information content (AvgIpc) is 3.45. The van der Waals surface area contributed by atoms with Gasteiger partial charge < -0.3 is 9.84 Å². The SMILES string of the molecule is CCCc1c(/C=C/c2cccc(OCC)c2)nc2n(c1=O)C1CC1(C(=O)O)C=C2. The van der Waals surface area contributed by atoms with Crippen LogP contribution in [0.25, 0.3) is 18.2 Å². The van der Waals surface area contributed by atoms with Gasteiger partial charge in [0.1, 0.15) is 17.0 Å². The van der Waals surface area contributed by atoms with Crippen molar-refractivity contribution in [1.82, 2.24) is 9.55 Å². The summed E-state index contributed by atoms with van der Waals surface area (Å²) in [6.45, 7) is 4.56. The first-order chi connectivity index (χ1) is 14.0. The maximum atomic E-state index is 13.2. The molecule has 4 rings (SSSR count). The van der Waals surface area contributed by atoms with E-state index in [1.165, 1.54) is 0 Å². The molecule has 0 bridgehead atoms. The minimum atomic E-state index is -0.945. The molecule has 0 spiro atoms. The van der Waals surface area contributed by atoms with Gasteiger partial charge in [-0.2, -0.15) is 0 Å². The number of benzene rings is 1. The number of carboxylic acids is 1. The summed E-state index contributed by atoms with van der Waals surface area (Å²) in [6.07, 6.45) is 8.98. The van der Waals surface area contributed by atoms with Crippen LogP contribution in [-0.2, 0) is 11.2 Å². The minimum Gasteiger partial charge on any atom is -0.494 e. The summed E-state index contributed by atoms with van der Waals surface area (Å²) in [4.78, 5) is 29.6. The van der Waals surface area contributed by atoms with Crippen LogP contribution in [0.4, 0.5) is 0 Å². The lowest BCUT2D eigenvalue weighted by molar-refractivity contribution is -0.141. The van der Waals surface area contributed by atoms with Crippen LogP contribution in [-0.4, -0.2) is 27.2 Å². The molecular weight excluding hydrogens is 368 g/mol. The molecule has 1 aromatic heterocycles. The van der Waals surface area contributed by atoms with E-state index >= 15 is 0 Å². The van der Waals surface area contributed by atoms with E-state index in [2.05, 4.69) is 0 Å². The fraction of sp³-hybridized carbons (Fsp3) is 0.348.